The predicted molar refractivity (Wildman–Crippen MR) is 57.6 cm³/mol. The molecule has 3 nitrogen and oxygen atoms in total. The zero-order valence-electron chi connectivity index (χ0n) is 9.63. The molecular weight excluding hydrogens is 257 g/mol. The summed E-state index contributed by atoms with van der Waals surface area (Å²) in [4.78, 5) is 0. The molecule has 0 heterocycles. The van der Waals surface area contributed by atoms with Gasteiger partial charge in [-0.15, -0.1) is 5.73 Å². The predicted octanol–water partition coefficient (Wildman–Crippen LogP) is 2.92. The van der Waals surface area contributed by atoms with E-state index in [2.05, 4.69) is 9.91 Å². The highest BCUT2D eigenvalue weighted by Gasteiger charge is 2.47. The lowest BCUT2D eigenvalue weighted by atomic mass is 10.2. The van der Waals surface area contributed by atoms with E-state index in [1.54, 1.807) is 26.8 Å². The summed E-state index contributed by atoms with van der Waals surface area (Å²) in [7, 11) is -5.55. The van der Waals surface area contributed by atoms with E-state index in [0.29, 0.717) is 5.57 Å². The third-order valence-electron chi connectivity index (χ3n) is 1.43. The van der Waals surface area contributed by atoms with E-state index in [4.69, 9.17) is 0 Å². The topological polar surface area (TPSA) is 43.4 Å². The molecule has 0 spiro atoms. The number of halogens is 3. The maximum atomic E-state index is 12.0. The smallest absolute Gasteiger partial charge is 0.258 e. The summed E-state index contributed by atoms with van der Waals surface area (Å²) in [5, 5.41) is 0. The Morgan fingerprint density at radius 1 is 1.35 bits per heavy atom. The molecule has 17 heavy (non-hydrogen) atoms. The van der Waals surface area contributed by atoms with Gasteiger partial charge in [0, 0.05) is 5.57 Å². The molecule has 0 atom stereocenters. The Bertz CT molecular complexity index is 448. The van der Waals surface area contributed by atoms with Gasteiger partial charge in [0.15, 0.2) is 0 Å². The first-order chi connectivity index (χ1) is 7.60. The summed E-state index contributed by atoms with van der Waals surface area (Å²) in [6, 6.07) is 0. The van der Waals surface area contributed by atoms with E-state index in [9.17, 15) is 21.6 Å². The number of hydrogen-bond donors (Lipinski definition) is 0. The Morgan fingerprint density at radius 2 is 1.88 bits per heavy atom. The Hall–Kier alpha value is -1.04. The van der Waals surface area contributed by atoms with Crippen molar-refractivity contribution < 1.29 is 25.8 Å². The van der Waals surface area contributed by atoms with Gasteiger partial charge in [0.2, 0.25) is 0 Å². The monoisotopic (exact) mass is 270 g/mol. The van der Waals surface area contributed by atoms with E-state index in [0.717, 1.165) is 0 Å². The lowest BCUT2D eigenvalue weighted by Gasteiger charge is -2.07. The fourth-order valence-electron chi connectivity index (χ4n) is 0.856. The van der Waals surface area contributed by atoms with Crippen LogP contribution in [0, 0.1) is 0 Å². The Labute approximate surface area is 98.4 Å². The van der Waals surface area contributed by atoms with Gasteiger partial charge in [-0.3, -0.25) is 4.18 Å². The molecule has 0 aliphatic rings. The summed E-state index contributed by atoms with van der Waals surface area (Å²) in [6.07, 6.45) is 2.98. The van der Waals surface area contributed by atoms with Crippen molar-refractivity contribution in [1.29, 1.82) is 0 Å². The molecule has 0 saturated heterocycles. The molecule has 0 rings (SSSR count). The molecule has 0 aromatic carbocycles. The molecule has 98 valence electrons. The first-order valence-electron chi connectivity index (χ1n) is 4.61. The second-order valence-corrected chi connectivity index (χ2v) is 4.92. The van der Waals surface area contributed by atoms with Crippen LogP contribution in [0.25, 0.3) is 0 Å². The summed E-state index contributed by atoms with van der Waals surface area (Å²) in [5.74, 6) is 0. The minimum atomic E-state index is -5.55. The van der Waals surface area contributed by atoms with Crippen LogP contribution < -0.4 is 0 Å². The SMILES string of the molecule is C/C=C/C(=C=C(C)C)COS(=O)(=O)C(F)(F)F. The number of hydrogen-bond acceptors (Lipinski definition) is 3. The molecule has 0 bridgehead atoms. The zero-order chi connectivity index (χ0) is 13.7. The number of rotatable bonds is 4. The van der Waals surface area contributed by atoms with Gasteiger partial charge in [-0.2, -0.15) is 21.6 Å². The van der Waals surface area contributed by atoms with Crippen molar-refractivity contribution >= 4 is 10.1 Å². The zero-order valence-corrected chi connectivity index (χ0v) is 10.4. The van der Waals surface area contributed by atoms with Crippen LogP contribution in [0.5, 0.6) is 0 Å². The number of alkyl halides is 3. The van der Waals surface area contributed by atoms with Crippen LogP contribution in [0.3, 0.4) is 0 Å². The highest BCUT2D eigenvalue weighted by atomic mass is 32.2. The van der Waals surface area contributed by atoms with Crippen LogP contribution in [-0.2, 0) is 14.3 Å². The molecule has 0 N–H and O–H groups in total. The minimum Gasteiger partial charge on any atom is -0.258 e. The van der Waals surface area contributed by atoms with Gasteiger partial charge >= 0.3 is 15.6 Å². The maximum absolute atomic E-state index is 12.0. The van der Waals surface area contributed by atoms with Crippen molar-refractivity contribution in [2.45, 2.75) is 26.3 Å². The summed E-state index contributed by atoms with van der Waals surface area (Å²) >= 11 is 0. The van der Waals surface area contributed by atoms with E-state index >= 15 is 0 Å². The summed E-state index contributed by atoms with van der Waals surface area (Å²) in [6.45, 7) is 4.31. The average molecular weight is 270 g/mol. The third kappa shape index (κ3) is 5.72. The summed E-state index contributed by atoms with van der Waals surface area (Å²) in [5.41, 5.74) is -1.79. The average Bonchev–Trinajstić information content (AvgIpc) is 2.12. The maximum Gasteiger partial charge on any atom is 0.523 e. The normalized spacial score (nSPS) is 12.6. The quantitative estimate of drug-likeness (QED) is 0.341. The van der Waals surface area contributed by atoms with Gasteiger partial charge in [-0.25, -0.2) is 0 Å². The lowest BCUT2D eigenvalue weighted by Crippen LogP contribution is -2.26. The van der Waals surface area contributed by atoms with E-state index < -0.39 is 22.2 Å². The van der Waals surface area contributed by atoms with Gasteiger partial charge in [0.1, 0.15) is 0 Å². The number of allylic oxidation sites excluding steroid dienone is 1. The molecule has 0 saturated carbocycles. The van der Waals surface area contributed by atoms with Crippen molar-refractivity contribution in [1.82, 2.24) is 0 Å². The van der Waals surface area contributed by atoms with Gasteiger partial charge in [0.05, 0.1) is 6.61 Å². The second-order valence-electron chi connectivity index (χ2n) is 3.31. The first-order valence-corrected chi connectivity index (χ1v) is 6.02. The summed E-state index contributed by atoms with van der Waals surface area (Å²) < 4.78 is 61.0. The molecule has 0 aromatic heterocycles. The molecular formula is C10H13F3O3S. The second kappa shape index (κ2) is 6.05. The Kier molecular flexibility index (Phi) is 5.68. The highest BCUT2D eigenvalue weighted by Crippen LogP contribution is 2.24. The van der Waals surface area contributed by atoms with Crippen LogP contribution in [0.4, 0.5) is 13.2 Å². The van der Waals surface area contributed by atoms with Crippen molar-refractivity contribution in [2.24, 2.45) is 0 Å². The van der Waals surface area contributed by atoms with Gasteiger partial charge < -0.3 is 0 Å². The molecule has 0 aliphatic heterocycles. The van der Waals surface area contributed by atoms with Gasteiger partial charge in [-0.05, 0) is 26.3 Å². The molecule has 0 aromatic rings. The fourth-order valence-corrected chi connectivity index (χ4v) is 1.27. The molecule has 7 heteroatoms. The van der Waals surface area contributed by atoms with E-state index in [1.165, 1.54) is 6.08 Å². The fraction of sp³-hybridized carbons (Fsp3) is 0.500. The Balaban J connectivity index is 4.95. The lowest BCUT2D eigenvalue weighted by molar-refractivity contribution is -0.0536. The molecule has 0 unspecified atom stereocenters. The molecule has 0 fully saturated rings. The van der Waals surface area contributed by atoms with Crippen molar-refractivity contribution in [3.05, 3.63) is 29.0 Å². The largest absolute Gasteiger partial charge is 0.523 e. The molecule has 0 radical (unpaired) electrons. The van der Waals surface area contributed by atoms with Crippen molar-refractivity contribution in [2.75, 3.05) is 6.61 Å². The van der Waals surface area contributed by atoms with Crippen molar-refractivity contribution in [3.8, 4) is 0 Å². The van der Waals surface area contributed by atoms with Crippen LogP contribution in [0.1, 0.15) is 20.8 Å². The van der Waals surface area contributed by atoms with E-state index in [-0.39, 0.29) is 5.57 Å². The highest BCUT2D eigenvalue weighted by molar-refractivity contribution is 7.87. The van der Waals surface area contributed by atoms with Gasteiger partial charge in [0.25, 0.3) is 0 Å². The standard InChI is InChI=1S/C10H13F3O3S/c1-4-5-9(6-8(2)3)7-16-17(14,15)10(11,12)13/h4-5H,7H2,1-3H3/b5-4+. The van der Waals surface area contributed by atoms with Gasteiger partial charge in [-0.1, -0.05) is 12.2 Å². The Morgan fingerprint density at radius 3 is 2.24 bits per heavy atom. The van der Waals surface area contributed by atoms with Crippen LogP contribution >= 0.6 is 0 Å². The van der Waals surface area contributed by atoms with Crippen LogP contribution in [0.15, 0.2) is 29.0 Å². The minimum absolute atomic E-state index is 0.223. The molecule has 0 amide bonds. The third-order valence-corrected chi connectivity index (χ3v) is 2.43. The van der Waals surface area contributed by atoms with Crippen molar-refractivity contribution in [3.63, 3.8) is 0 Å². The van der Waals surface area contributed by atoms with Crippen LogP contribution in [0.2, 0.25) is 0 Å². The molecule has 0 aliphatic carbocycles. The first kappa shape index (κ1) is 16.0. The van der Waals surface area contributed by atoms with E-state index in [1.807, 2.05) is 0 Å². The van der Waals surface area contributed by atoms with Crippen LogP contribution in [-0.4, -0.2) is 20.5 Å².